The van der Waals surface area contributed by atoms with Gasteiger partial charge in [0.2, 0.25) is 5.91 Å². The van der Waals surface area contributed by atoms with Crippen molar-refractivity contribution >= 4 is 11.6 Å². The first-order valence-electron chi connectivity index (χ1n) is 9.16. The average Bonchev–Trinajstić information content (AvgIpc) is 3.13. The van der Waals surface area contributed by atoms with E-state index in [9.17, 15) is 4.79 Å². The number of amides is 1. The van der Waals surface area contributed by atoms with E-state index < -0.39 is 0 Å². The van der Waals surface area contributed by atoms with Gasteiger partial charge in [0.1, 0.15) is 11.5 Å². The zero-order valence-corrected chi connectivity index (χ0v) is 15.8. The van der Waals surface area contributed by atoms with E-state index in [-0.39, 0.29) is 5.91 Å². The van der Waals surface area contributed by atoms with Crippen LogP contribution in [0.3, 0.4) is 0 Å². The van der Waals surface area contributed by atoms with Crippen LogP contribution in [-0.4, -0.2) is 36.1 Å². The number of benzene rings is 2. The first-order chi connectivity index (χ1) is 13.1. The van der Waals surface area contributed by atoms with Crippen LogP contribution in [0.2, 0.25) is 0 Å². The summed E-state index contributed by atoms with van der Waals surface area (Å²) in [5.41, 5.74) is 3.91. The Kier molecular flexibility index (Phi) is 6.39. The first-order valence-corrected chi connectivity index (χ1v) is 9.16. The van der Waals surface area contributed by atoms with Crippen molar-refractivity contribution in [2.45, 2.75) is 19.8 Å². The van der Waals surface area contributed by atoms with Crippen molar-refractivity contribution < 1.29 is 9.32 Å². The SMILES string of the molecule is Cc1ccc(NC(=O)CN(C)CCCc2cc(-c3ccccc3)no2)cc1. The van der Waals surface area contributed by atoms with Crippen LogP contribution in [0.25, 0.3) is 11.3 Å². The molecule has 0 aliphatic rings. The van der Waals surface area contributed by atoms with Gasteiger partial charge in [-0.15, -0.1) is 0 Å². The average molecular weight is 363 g/mol. The Morgan fingerprint density at radius 3 is 2.59 bits per heavy atom. The number of nitrogens with one attached hydrogen (secondary N) is 1. The lowest BCUT2D eigenvalue weighted by molar-refractivity contribution is -0.117. The van der Waals surface area contributed by atoms with Gasteiger partial charge in [0.05, 0.1) is 6.54 Å². The molecule has 1 heterocycles. The number of nitrogens with zero attached hydrogens (tertiary/aromatic N) is 2. The maximum Gasteiger partial charge on any atom is 0.238 e. The topological polar surface area (TPSA) is 58.4 Å². The number of carbonyl (C=O) groups is 1. The van der Waals surface area contributed by atoms with Crippen molar-refractivity contribution in [3.05, 3.63) is 72.0 Å². The number of carbonyl (C=O) groups excluding carboxylic acids is 1. The van der Waals surface area contributed by atoms with E-state index in [2.05, 4.69) is 10.5 Å². The molecule has 0 saturated carbocycles. The van der Waals surface area contributed by atoms with E-state index >= 15 is 0 Å². The molecule has 1 aromatic heterocycles. The largest absolute Gasteiger partial charge is 0.361 e. The van der Waals surface area contributed by atoms with Crippen molar-refractivity contribution in [1.82, 2.24) is 10.1 Å². The standard InChI is InChI=1S/C22H25N3O2/c1-17-10-12-19(13-11-17)23-22(26)16-25(2)14-6-9-20-15-21(24-27-20)18-7-4-3-5-8-18/h3-5,7-8,10-13,15H,6,9,14,16H2,1-2H3,(H,23,26). The molecule has 0 spiro atoms. The molecule has 0 saturated heterocycles. The Balaban J connectivity index is 1.40. The van der Waals surface area contributed by atoms with E-state index in [1.165, 1.54) is 5.56 Å². The third-order valence-corrected chi connectivity index (χ3v) is 4.34. The zero-order chi connectivity index (χ0) is 19.1. The minimum Gasteiger partial charge on any atom is -0.361 e. The highest BCUT2D eigenvalue weighted by atomic mass is 16.5. The van der Waals surface area contributed by atoms with Crippen LogP contribution in [0.5, 0.6) is 0 Å². The molecule has 140 valence electrons. The van der Waals surface area contributed by atoms with E-state index in [1.54, 1.807) is 0 Å². The van der Waals surface area contributed by atoms with Crippen LogP contribution in [0, 0.1) is 6.92 Å². The predicted molar refractivity (Wildman–Crippen MR) is 108 cm³/mol. The fourth-order valence-electron chi connectivity index (χ4n) is 2.86. The molecule has 0 radical (unpaired) electrons. The van der Waals surface area contributed by atoms with Gasteiger partial charge in [0.25, 0.3) is 0 Å². The zero-order valence-electron chi connectivity index (χ0n) is 15.8. The number of aromatic nitrogens is 1. The highest BCUT2D eigenvalue weighted by Crippen LogP contribution is 2.19. The van der Waals surface area contributed by atoms with Crippen molar-refractivity contribution in [3.8, 4) is 11.3 Å². The minimum absolute atomic E-state index is 0.00705. The highest BCUT2D eigenvalue weighted by Gasteiger charge is 2.09. The summed E-state index contributed by atoms with van der Waals surface area (Å²) in [4.78, 5) is 14.1. The second kappa shape index (κ2) is 9.14. The third-order valence-electron chi connectivity index (χ3n) is 4.34. The lowest BCUT2D eigenvalue weighted by Gasteiger charge is -2.15. The molecular weight excluding hydrogens is 338 g/mol. The van der Waals surface area contributed by atoms with Gasteiger partial charge in [0, 0.05) is 23.7 Å². The van der Waals surface area contributed by atoms with Crippen LogP contribution in [0.4, 0.5) is 5.69 Å². The summed E-state index contributed by atoms with van der Waals surface area (Å²) in [5.74, 6) is 0.860. The van der Waals surface area contributed by atoms with Crippen LogP contribution in [0.1, 0.15) is 17.7 Å². The fraction of sp³-hybridized carbons (Fsp3) is 0.273. The lowest BCUT2D eigenvalue weighted by Crippen LogP contribution is -2.31. The molecule has 0 bridgehead atoms. The molecule has 0 unspecified atom stereocenters. The first kappa shape index (κ1) is 18.9. The van der Waals surface area contributed by atoms with Gasteiger partial charge in [-0.1, -0.05) is 53.2 Å². The van der Waals surface area contributed by atoms with Crippen molar-refractivity contribution in [2.24, 2.45) is 0 Å². The maximum atomic E-state index is 12.1. The quantitative estimate of drug-likeness (QED) is 0.653. The summed E-state index contributed by atoms with van der Waals surface area (Å²) in [5, 5.41) is 7.05. The van der Waals surface area contributed by atoms with E-state index in [0.717, 1.165) is 42.1 Å². The van der Waals surface area contributed by atoms with Crippen molar-refractivity contribution in [2.75, 3.05) is 25.5 Å². The summed E-state index contributed by atoms with van der Waals surface area (Å²) in [6.07, 6.45) is 1.70. The maximum absolute atomic E-state index is 12.1. The summed E-state index contributed by atoms with van der Waals surface area (Å²) in [7, 11) is 1.95. The predicted octanol–water partition coefficient (Wildman–Crippen LogP) is 4.15. The van der Waals surface area contributed by atoms with Gasteiger partial charge >= 0.3 is 0 Å². The number of rotatable bonds is 8. The molecule has 0 aliphatic carbocycles. The second-order valence-electron chi connectivity index (χ2n) is 6.80. The van der Waals surface area contributed by atoms with Gasteiger partial charge in [0.15, 0.2) is 0 Å². The van der Waals surface area contributed by atoms with Gasteiger partial charge < -0.3 is 9.84 Å². The smallest absolute Gasteiger partial charge is 0.238 e. The molecule has 5 heteroatoms. The fourth-order valence-corrected chi connectivity index (χ4v) is 2.86. The molecule has 1 amide bonds. The summed E-state index contributed by atoms with van der Waals surface area (Å²) < 4.78 is 5.42. The normalized spacial score (nSPS) is 10.9. The minimum atomic E-state index is -0.00705. The lowest BCUT2D eigenvalue weighted by atomic mass is 10.1. The third kappa shape index (κ3) is 5.79. The van der Waals surface area contributed by atoms with Gasteiger partial charge in [-0.25, -0.2) is 0 Å². The molecule has 5 nitrogen and oxygen atoms in total. The summed E-state index contributed by atoms with van der Waals surface area (Å²) >= 11 is 0. The molecule has 1 N–H and O–H groups in total. The summed E-state index contributed by atoms with van der Waals surface area (Å²) in [6, 6.07) is 19.8. The van der Waals surface area contributed by atoms with E-state index in [1.807, 2.05) is 79.5 Å². The molecule has 2 aromatic carbocycles. The molecular formula is C22H25N3O2. The Bertz CT molecular complexity index is 857. The Labute approximate surface area is 160 Å². The number of aryl methyl sites for hydroxylation is 2. The second-order valence-corrected chi connectivity index (χ2v) is 6.80. The molecule has 27 heavy (non-hydrogen) atoms. The van der Waals surface area contributed by atoms with Gasteiger partial charge in [-0.3, -0.25) is 9.69 Å². The van der Waals surface area contributed by atoms with Gasteiger partial charge in [-0.2, -0.15) is 0 Å². The number of hydrogen-bond acceptors (Lipinski definition) is 4. The monoisotopic (exact) mass is 363 g/mol. The van der Waals surface area contributed by atoms with Crippen molar-refractivity contribution in [1.29, 1.82) is 0 Å². The van der Waals surface area contributed by atoms with Gasteiger partial charge in [-0.05, 0) is 39.1 Å². The Hall–Kier alpha value is -2.92. The van der Waals surface area contributed by atoms with Crippen molar-refractivity contribution in [3.63, 3.8) is 0 Å². The molecule has 0 aliphatic heterocycles. The van der Waals surface area contributed by atoms with Crippen LogP contribution in [-0.2, 0) is 11.2 Å². The van der Waals surface area contributed by atoms with E-state index in [4.69, 9.17) is 4.52 Å². The van der Waals surface area contributed by atoms with E-state index in [0.29, 0.717) is 6.54 Å². The Morgan fingerprint density at radius 1 is 1.11 bits per heavy atom. The molecule has 0 atom stereocenters. The Morgan fingerprint density at radius 2 is 1.85 bits per heavy atom. The van der Waals surface area contributed by atoms with Crippen LogP contribution < -0.4 is 5.32 Å². The molecule has 3 rings (SSSR count). The molecule has 3 aromatic rings. The number of likely N-dealkylation sites (N-methyl/N-ethyl adjacent to an activating group) is 1. The summed E-state index contributed by atoms with van der Waals surface area (Å²) in [6.45, 7) is 3.19. The van der Waals surface area contributed by atoms with Crippen LogP contribution >= 0.6 is 0 Å². The van der Waals surface area contributed by atoms with Crippen LogP contribution in [0.15, 0.2) is 65.2 Å². The highest BCUT2D eigenvalue weighted by molar-refractivity contribution is 5.92. The number of hydrogen-bond donors (Lipinski definition) is 1. The molecule has 0 fully saturated rings. The number of anilines is 1.